The minimum absolute atomic E-state index is 0.150. The van der Waals surface area contributed by atoms with Gasteiger partial charge in [0.15, 0.2) is 0 Å². The summed E-state index contributed by atoms with van der Waals surface area (Å²) in [6.45, 7) is 3.03. The van der Waals surface area contributed by atoms with E-state index in [0.29, 0.717) is 5.39 Å². The largest absolute Gasteiger partial charge is 0.418 e. The summed E-state index contributed by atoms with van der Waals surface area (Å²) in [5.74, 6) is 0. The molecule has 2 nitrogen and oxygen atoms in total. The van der Waals surface area contributed by atoms with Gasteiger partial charge >= 0.3 is 6.18 Å². The molecule has 0 amide bonds. The number of nitrogens with one attached hydrogen (secondary N) is 1. The van der Waals surface area contributed by atoms with Gasteiger partial charge < -0.3 is 5.32 Å². The van der Waals surface area contributed by atoms with Crippen LogP contribution in [0.4, 0.5) is 13.2 Å². The van der Waals surface area contributed by atoms with Crippen LogP contribution in [0, 0.1) is 0 Å². The zero-order chi connectivity index (χ0) is 14.4. The number of benzene rings is 1. The molecule has 0 radical (unpaired) electrons. The second kappa shape index (κ2) is 4.45. The minimum Gasteiger partial charge on any atom is -0.308 e. The van der Waals surface area contributed by atoms with Crippen LogP contribution in [0.2, 0.25) is 0 Å². The van der Waals surface area contributed by atoms with Crippen molar-refractivity contribution in [2.24, 2.45) is 0 Å². The lowest BCUT2D eigenvalue weighted by molar-refractivity contribution is -0.136. The molecule has 0 bridgehead atoms. The van der Waals surface area contributed by atoms with Gasteiger partial charge in [-0.25, -0.2) is 0 Å². The third-order valence-corrected chi connectivity index (χ3v) is 4.07. The zero-order valence-corrected chi connectivity index (χ0v) is 11.1. The molecule has 1 aromatic carbocycles. The molecule has 1 N–H and O–H groups in total. The number of rotatable bonds is 1. The molecule has 1 unspecified atom stereocenters. The maximum absolute atomic E-state index is 12.9. The van der Waals surface area contributed by atoms with Crippen molar-refractivity contribution in [3.63, 3.8) is 0 Å². The molecular formula is C15H15F3N2. The van der Waals surface area contributed by atoms with E-state index in [1.165, 1.54) is 6.20 Å². The number of hydrogen-bond donors (Lipinski definition) is 1. The Morgan fingerprint density at radius 3 is 2.70 bits per heavy atom. The average Bonchev–Trinajstić information content (AvgIpc) is 2.84. The summed E-state index contributed by atoms with van der Waals surface area (Å²) in [6.07, 6.45) is 0.0771. The van der Waals surface area contributed by atoms with E-state index < -0.39 is 11.7 Å². The Morgan fingerprint density at radius 2 is 2.05 bits per heavy atom. The van der Waals surface area contributed by atoms with Crippen molar-refractivity contribution in [2.75, 3.05) is 6.54 Å². The molecule has 5 heteroatoms. The van der Waals surface area contributed by atoms with E-state index in [-0.39, 0.29) is 10.9 Å². The van der Waals surface area contributed by atoms with Crippen molar-refractivity contribution in [3.8, 4) is 0 Å². The van der Waals surface area contributed by atoms with Crippen molar-refractivity contribution in [3.05, 3.63) is 41.7 Å². The van der Waals surface area contributed by atoms with Gasteiger partial charge in [-0.1, -0.05) is 12.1 Å². The first-order valence-electron chi connectivity index (χ1n) is 6.61. The van der Waals surface area contributed by atoms with Crippen LogP contribution in [0.25, 0.3) is 10.8 Å². The normalized spacial score (nSPS) is 23.4. The lowest BCUT2D eigenvalue weighted by atomic mass is 9.89. The highest BCUT2D eigenvalue weighted by atomic mass is 19.4. The first kappa shape index (κ1) is 13.4. The van der Waals surface area contributed by atoms with Crippen molar-refractivity contribution >= 4 is 10.8 Å². The molecule has 0 saturated carbocycles. The van der Waals surface area contributed by atoms with Crippen LogP contribution in [0.3, 0.4) is 0 Å². The summed E-state index contributed by atoms with van der Waals surface area (Å²) in [7, 11) is 0. The lowest BCUT2D eigenvalue weighted by Crippen LogP contribution is -2.33. The molecule has 2 heterocycles. The molecule has 1 aromatic heterocycles. The monoisotopic (exact) mass is 280 g/mol. The standard InChI is InChI=1S/C15H15F3N2/c1-14(5-2-6-20-14)11-3-4-12-10(7-11)8-19-9-13(12)15(16,17)18/h3-4,7-9,20H,2,5-6H2,1H3. The topological polar surface area (TPSA) is 24.9 Å². The number of halogens is 3. The quantitative estimate of drug-likeness (QED) is 0.858. The molecule has 3 rings (SSSR count). The molecule has 1 aliphatic rings. The summed E-state index contributed by atoms with van der Waals surface area (Å²) in [4.78, 5) is 3.73. The van der Waals surface area contributed by atoms with Crippen molar-refractivity contribution in [1.29, 1.82) is 0 Å². The zero-order valence-electron chi connectivity index (χ0n) is 11.1. The van der Waals surface area contributed by atoms with E-state index in [4.69, 9.17) is 0 Å². The fourth-order valence-corrected chi connectivity index (χ4v) is 2.89. The highest BCUT2D eigenvalue weighted by Gasteiger charge is 2.34. The van der Waals surface area contributed by atoms with Gasteiger partial charge in [-0.2, -0.15) is 13.2 Å². The number of nitrogens with zero attached hydrogens (tertiary/aromatic N) is 1. The molecule has 1 saturated heterocycles. The van der Waals surface area contributed by atoms with Crippen LogP contribution in [0.15, 0.2) is 30.6 Å². The van der Waals surface area contributed by atoms with E-state index in [2.05, 4.69) is 17.2 Å². The van der Waals surface area contributed by atoms with Crippen molar-refractivity contribution in [2.45, 2.75) is 31.5 Å². The number of fused-ring (bicyclic) bond motifs is 1. The molecule has 2 aromatic rings. The first-order chi connectivity index (χ1) is 9.40. The average molecular weight is 280 g/mol. The Hall–Kier alpha value is -1.62. The van der Waals surface area contributed by atoms with Gasteiger partial charge in [0.1, 0.15) is 0 Å². The van der Waals surface area contributed by atoms with Gasteiger partial charge in [0.2, 0.25) is 0 Å². The molecule has 1 aliphatic heterocycles. The Balaban J connectivity index is 2.14. The molecule has 106 valence electrons. The predicted octanol–water partition coefficient (Wildman–Crippen LogP) is 3.85. The van der Waals surface area contributed by atoms with Crippen molar-refractivity contribution < 1.29 is 13.2 Å². The van der Waals surface area contributed by atoms with Gasteiger partial charge in [-0.15, -0.1) is 0 Å². The third-order valence-electron chi connectivity index (χ3n) is 4.07. The number of pyridine rings is 1. The summed E-state index contributed by atoms with van der Waals surface area (Å²) < 4.78 is 38.8. The second-order valence-corrected chi connectivity index (χ2v) is 5.48. The number of aromatic nitrogens is 1. The highest BCUT2D eigenvalue weighted by molar-refractivity contribution is 5.86. The Kier molecular flexibility index (Phi) is 2.97. The summed E-state index contributed by atoms with van der Waals surface area (Å²) >= 11 is 0. The Bertz CT molecular complexity index is 643. The fraction of sp³-hybridized carbons (Fsp3) is 0.400. The van der Waals surface area contributed by atoms with Crippen LogP contribution in [0.1, 0.15) is 30.9 Å². The maximum atomic E-state index is 12.9. The number of hydrogen-bond acceptors (Lipinski definition) is 2. The molecule has 0 aliphatic carbocycles. The Morgan fingerprint density at radius 1 is 1.25 bits per heavy atom. The van der Waals surface area contributed by atoms with Gasteiger partial charge in [-0.3, -0.25) is 4.98 Å². The van der Waals surface area contributed by atoms with E-state index >= 15 is 0 Å². The third kappa shape index (κ3) is 2.16. The minimum atomic E-state index is -4.37. The van der Waals surface area contributed by atoms with Crippen LogP contribution in [-0.4, -0.2) is 11.5 Å². The van der Waals surface area contributed by atoms with Crippen LogP contribution < -0.4 is 5.32 Å². The van der Waals surface area contributed by atoms with Crippen LogP contribution >= 0.6 is 0 Å². The van der Waals surface area contributed by atoms with Gasteiger partial charge in [0.25, 0.3) is 0 Å². The second-order valence-electron chi connectivity index (χ2n) is 5.48. The fourth-order valence-electron chi connectivity index (χ4n) is 2.89. The van der Waals surface area contributed by atoms with Crippen molar-refractivity contribution in [1.82, 2.24) is 10.3 Å². The van der Waals surface area contributed by atoms with E-state index in [1.807, 2.05) is 6.07 Å². The first-order valence-corrected chi connectivity index (χ1v) is 6.61. The summed E-state index contributed by atoms with van der Waals surface area (Å²) in [6, 6.07) is 5.16. The van der Waals surface area contributed by atoms with Crippen LogP contribution in [-0.2, 0) is 11.7 Å². The lowest BCUT2D eigenvalue weighted by Gasteiger charge is -2.25. The predicted molar refractivity (Wildman–Crippen MR) is 71.3 cm³/mol. The summed E-state index contributed by atoms with van der Waals surface area (Å²) in [5.41, 5.74) is 0.192. The van der Waals surface area contributed by atoms with Gasteiger partial charge in [0.05, 0.1) is 5.56 Å². The molecule has 0 spiro atoms. The van der Waals surface area contributed by atoms with Gasteiger partial charge in [-0.05, 0) is 43.3 Å². The summed E-state index contributed by atoms with van der Waals surface area (Å²) in [5, 5.41) is 4.16. The smallest absolute Gasteiger partial charge is 0.308 e. The van der Waals surface area contributed by atoms with Crippen LogP contribution in [0.5, 0.6) is 0 Å². The molecular weight excluding hydrogens is 265 g/mol. The van der Waals surface area contributed by atoms with E-state index in [9.17, 15) is 13.2 Å². The Labute approximate surface area is 115 Å². The number of alkyl halides is 3. The molecule has 20 heavy (non-hydrogen) atoms. The molecule has 1 atom stereocenters. The highest BCUT2D eigenvalue weighted by Crippen LogP contribution is 2.36. The van der Waals surface area contributed by atoms with E-state index in [1.54, 1.807) is 12.1 Å². The van der Waals surface area contributed by atoms with Gasteiger partial charge in [0, 0.05) is 23.3 Å². The maximum Gasteiger partial charge on any atom is 0.418 e. The SMILES string of the molecule is CC1(c2ccc3c(C(F)(F)F)cncc3c2)CCCN1. The van der Waals surface area contributed by atoms with E-state index in [0.717, 1.165) is 31.1 Å². The molecule has 1 fully saturated rings.